The maximum atomic E-state index is 4.96. The summed E-state index contributed by atoms with van der Waals surface area (Å²) in [5.74, 6) is 0. The Morgan fingerprint density at radius 3 is 2.43 bits per heavy atom. The summed E-state index contributed by atoms with van der Waals surface area (Å²) in [7, 11) is 0. The molecule has 0 fully saturated rings. The van der Waals surface area contributed by atoms with Crippen LogP contribution in [0, 0.1) is 6.92 Å². The lowest BCUT2D eigenvalue weighted by atomic mass is 9.93. The van der Waals surface area contributed by atoms with Crippen LogP contribution in [0.15, 0.2) is 54.6 Å². The molecule has 0 saturated heterocycles. The molecule has 0 saturated carbocycles. The van der Waals surface area contributed by atoms with Crippen molar-refractivity contribution in [3.05, 3.63) is 77.0 Å². The van der Waals surface area contributed by atoms with Gasteiger partial charge in [0.25, 0.3) is 0 Å². The summed E-state index contributed by atoms with van der Waals surface area (Å²) in [6.45, 7) is 2.98. The second-order valence-electron chi connectivity index (χ2n) is 6.49. The SMILES string of the molecule is Cc1ccc(-c2c3c(nn2Cc2ccccc2)CCCC3)cc1. The Bertz CT molecular complexity index is 798. The smallest absolute Gasteiger partial charge is 0.0721 e. The Labute approximate surface area is 137 Å². The van der Waals surface area contributed by atoms with E-state index in [0.717, 1.165) is 19.4 Å². The molecule has 2 aromatic carbocycles. The first-order valence-corrected chi connectivity index (χ1v) is 8.51. The number of rotatable bonds is 3. The Morgan fingerprint density at radius 2 is 1.65 bits per heavy atom. The molecule has 1 heterocycles. The number of hydrogen-bond acceptors (Lipinski definition) is 1. The minimum atomic E-state index is 0.844. The topological polar surface area (TPSA) is 17.8 Å². The average Bonchev–Trinajstić information content (AvgIpc) is 2.94. The predicted octanol–water partition coefficient (Wildman–Crippen LogP) is 4.79. The number of fused-ring (bicyclic) bond motifs is 1. The van der Waals surface area contributed by atoms with E-state index >= 15 is 0 Å². The fourth-order valence-corrected chi connectivity index (χ4v) is 3.51. The molecule has 2 heteroatoms. The van der Waals surface area contributed by atoms with Gasteiger partial charge in [0.2, 0.25) is 0 Å². The predicted molar refractivity (Wildman–Crippen MR) is 94.6 cm³/mol. The van der Waals surface area contributed by atoms with Crippen LogP contribution in [0.4, 0.5) is 0 Å². The molecule has 1 aliphatic carbocycles. The summed E-state index contributed by atoms with van der Waals surface area (Å²) in [6, 6.07) is 19.5. The van der Waals surface area contributed by atoms with Crippen LogP contribution >= 0.6 is 0 Å². The third-order valence-corrected chi connectivity index (χ3v) is 4.72. The Morgan fingerprint density at radius 1 is 0.913 bits per heavy atom. The van der Waals surface area contributed by atoms with E-state index in [1.807, 2.05) is 0 Å². The molecule has 0 radical (unpaired) electrons. The molecule has 0 amide bonds. The van der Waals surface area contributed by atoms with Gasteiger partial charge in [0.1, 0.15) is 0 Å². The molecule has 2 nitrogen and oxygen atoms in total. The highest BCUT2D eigenvalue weighted by Crippen LogP contribution is 2.32. The standard InChI is InChI=1S/C21H22N2/c1-16-11-13-18(14-12-16)21-19-9-5-6-10-20(19)22-23(21)15-17-7-3-2-4-8-17/h2-4,7-8,11-14H,5-6,9-10,15H2,1H3. The van der Waals surface area contributed by atoms with Gasteiger partial charge in [0.05, 0.1) is 17.9 Å². The summed E-state index contributed by atoms with van der Waals surface area (Å²) in [6.07, 6.45) is 4.83. The van der Waals surface area contributed by atoms with Crippen molar-refractivity contribution < 1.29 is 0 Å². The molecule has 3 aromatic rings. The van der Waals surface area contributed by atoms with Gasteiger partial charge in [0, 0.05) is 11.1 Å². The summed E-state index contributed by atoms with van der Waals surface area (Å²) in [5.41, 5.74) is 8.00. The monoisotopic (exact) mass is 302 g/mol. The zero-order valence-electron chi connectivity index (χ0n) is 13.6. The molecule has 23 heavy (non-hydrogen) atoms. The Kier molecular flexibility index (Phi) is 3.74. The van der Waals surface area contributed by atoms with Gasteiger partial charge in [-0.15, -0.1) is 0 Å². The van der Waals surface area contributed by atoms with Gasteiger partial charge in [-0.1, -0.05) is 60.2 Å². The van der Waals surface area contributed by atoms with Crippen LogP contribution in [0.3, 0.4) is 0 Å². The number of benzene rings is 2. The van der Waals surface area contributed by atoms with E-state index in [0.29, 0.717) is 0 Å². The molecule has 1 aromatic heterocycles. The minimum absolute atomic E-state index is 0.844. The van der Waals surface area contributed by atoms with Crippen molar-refractivity contribution in [3.63, 3.8) is 0 Å². The number of nitrogens with zero attached hydrogens (tertiary/aromatic N) is 2. The Hall–Kier alpha value is -2.35. The quantitative estimate of drug-likeness (QED) is 0.680. The van der Waals surface area contributed by atoms with Crippen LogP contribution in [0.1, 0.15) is 35.2 Å². The van der Waals surface area contributed by atoms with Gasteiger partial charge < -0.3 is 0 Å². The average molecular weight is 302 g/mol. The highest BCUT2D eigenvalue weighted by atomic mass is 15.3. The third-order valence-electron chi connectivity index (χ3n) is 4.72. The Balaban J connectivity index is 1.81. The fraction of sp³-hybridized carbons (Fsp3) is 0.286. The molecule has 0 unspecified atom stereocenters. The first kappa shape index (κ1) is 14.3. The van der Waals surface area contributed by atoms with Crippen molar-refractivity contribution in [3.8, 4) is 11.3 Å². The van der Waals surface area contributed by atoms with Gasteiger partial charge in [-0.05, 0) is 38.2 Å². The van der Waals surface area contributed by atoms with Crippen molar-refractivity contribution in [1.82, 2.24) is 9.78 Å². The van der Waals surface area contributed by atoms with Crippen molar-refractivity contribution in [2.45, 2.75) is 39.2 Å². The zero-order chi connectivity index (χ0) is 15.6. The van der Waals surface area contributed by atoms with E-state index in [2.05, 4.69) is 66.2 Å². The van der Waals surface area contributed by atoms with E-state index in [9.17, 15) is 0 Å². The van der Waals surface area contributed by atoms with Gasteiger partial charge in [-0.3, -0.25) is 4.68 Å². The van der Waals surface area contributed by atoms with Crippen LogP contribution in [0.5, 0.6) is 0 Å². The largest absolute Gasteiger partial charge is 0.260 e. The van der Waals surface area contributed by atoms with Crippen LogP contribution < -0.4 is 0 Å². The maximum Gasteiger partial charge on any atom is 0.0721 e. The van der Waals surface area contributed by atoms with Crippen LogP contribution in [0.25, 0.3) is 11.3 Å². The van der Waals surface area contributed by atoms with Gasteiger partial charge in [-0.25, -0.2) is 0 Å². The van der Waals surface area contributed by atoms with Crippen molar-refractivity contribution in [2.75, 3.05) is 0 Å². The molecule has 0 spiro atoms. The van der Waals surface area contributed by atoms with E-state index in [1.54, 1.807) is 0 Å². The fourth-order valence-electron chi connectivity index (χ4n) is 3.51. The van der Waals surface area contributed by atoms with Crippen molar-refractivity contribution in [2.24, 2.45) is 0 Å². The molecule has 0 bridgehead atoms. The summed E-state index contributed by atoms with van der Waals surface area (Å²) in [5, 5.41) is 4.96. The summed E-state index contributed by atoms with van der Waals surface area (Å²) < 4.78 is 2.22. The third kappa shape index (κ3) is 2.81. The molecule has 0 aliphatic heterocycles. The van der Waals surface area contributed by atoms with Gasteiger partial charge >= 0.3 is 0 Å². The molecule has 0 N–H and O–H groups in total. The molecule has 116 valence electrons. The van der Waals surface area contributed by atoms with Crippen LogP contribution in [-0.4, -0.2) is 9.78 Å². The molecule has 4 rings (SSSR count). The zero-order valence-corrected chi connectivity index (χ0v) is 13.6. The van der Waals surface area contributed by atoms with Gasteiger partial charge in [-0.2, -0.15) is 5.10 Å². The molecular weight excluding hydrogens is 280 g/mol. The molecule has 0 atom stereocenters. The number of aryl methyl sites for hydroxylation is 2. The van der Waals surface area contributed by atoms with Gasteiger partial charge in [0.15, 0.2) is 0 Å². The second kappa shape index (κ2) is 6.04. The van der Waals surface area contributed by atoms with Crippen molar-refractivity contribution in [1.29, 1.82) is 0 Å². The van der Waals surface area contributed by atoms with Crippen molar-refractivity contribution >= 4 is 0 Å². The number of hydrogen-bond donors (Lipinski definition) is 0. The minimum Gasteiger partial charge on any atom is -0.260 e. The summed E-state index contributed by atoms with van der Waals surface area (Å²) >= 11 is 0. The first-order valence-electron chi connectivity index (χ1n) is 8.51. The van der Waals surface area contributed by atoms with E-state index < -0.39 is 0 Å². The first-order chi connectivity index (χ1) is 11.3. The highest BCUT2D eigenvalue weighted by Gasteiger charge is 2.21. The van der Waals surface area contributed by atoms with E-state index in [4.69, 9.17) is 5.10 Å². The lowest BCUT2D eigenvalue weighted by Gasteiger charge is -2.13. The summed E-state index contributed by atoms with van der Waals surface area (Å²) in [4.78, 5) is 0. The molecular formula is C21H22N2. The van der Waals surface area contributed by atoms with Crippen LogP contribution in [-0.2, 0) is 19.4 Å². The van der Waals surface area contributed by atoms with E-state index in [-0.39, 0.29) is 0 Å². The molecule has 1 aliphatic rings. The second-order valence-corrected chi connectivity index (χ2v) is 6.49. The normalized spacial score (nSPS) is 13.8. The highest BCUT2D eigenvalue weighted by molar-refractivity contribution is 5.65. The number of aromatic nitrogens is 2. The lowest BCUT2D eigenvalue weighted by molar-refractivity contribution is 0.647. The van der Waals surface area contributed by atoms with E-state index in [1.165, 1.54) is 46.5 Å². The van der Waals surface area contributed by atoms with Crippen LogP contribution in [0.2, 0.25) is 0 Å². The maximum absolute atomic E-state index is 4.96. The lowest BCUT2D eigenvalue weighted by Crippen LogP contribution is -2.04.